The van der Waals surface area contributed by atoms with Gasteiger partial charge in [0.2, 0.25) is 0 Å². The molecule has 1 aromatic heterocycles. The van der Waals surface area contributed by atoms with Crippen molar-refractivity contribution in [3.05, 3.63) is 217 Å². The van der Waals surface area contributed by atoms with Crippen LogP contribution in [0.15, 0.2) is 206 Å². The van der Waals surface area contributed by atoms with Gasteiger partial charge in [-0.1, -0.05) is 172 Å². The van der Waals surface area contributed by atoms with E-state index in [2.05, 4.69) is 220 Å². The lowest BCUT2D eigenvalue weighted by Gasteiger charge is -2.22. The van der Waals surface area contributed by atoms with E-state index in [1.54, 1.807) is 0 Å². The first-order valence-electron chi connectivity index (χ1n) is 20.4. The third kappa shape index (κ3) is 6.04. The van der Waals surface area contributed by atoms with E-state index >= 15 is 0 Å². The molecule has 10 aromatic rings. The Morgan fingerprint density at radius 3 is 1.42 bits per heavy atom. The summed E-state index contributed by atoms with van der Waals surface area (Å²) in [4.78, 5) is 10.7. The van der Waals surface area contributed by atoms with Crippen LogP contribution < -0.4 is 0 Å². The third-order valence-corrected chi connectivity index (χ3v) is 12.3. The molecule has 2 heteroatoms. The lowest BCUT2D eigenvalue weighted by molar-refractivity contribution is 0.661. The molecule has 0 atom stereocenters. The van der Waals surface area contributed by atoms with E-state index < -0.39 is 0 Å². The number of rotatable bonds is 6. The molecule has 0 amide bonds. The van der Waals surface area contributed by atoms with Crippen molar-refractivity contribution in [2.45, 2.75) is 19.3 Å². The summed E-state index contributed by atoms with van der Waals surface area (Å²) in [6, 6.07) is 74.4. The van der Waals surface area contributed by atoms with E-state index in [0.29, 0.717) is 5.82 Å². The zero-order valence-corrected chi connectivity index (χ0v) is 33.0. The molecule has 59 heavy (non-hydrogen) atoms. The summed E-state index contributed by atoms with van der Waals surface area (Å²) >= 11 is 0. The number of hydrogen-bond donors (Lipinski definition) is 0. The van der Waals surface area contributed by atoms with Crippen LogP contribution in [0.1, 0.15) is 25.0 Å². The van der Waals surface area contributed by atoms with Crippen molar-refractivity contribution in [1.82, 2.24) is 9.97 Å². The van der Waals surface area contributed by atoms with Crippen LogP contribution in [0.3, 0.4) is 0 Å². The van der Waals surface area contributed by atoms with Crippen molar-refractivity contribution < 1.29 is 0 Å². The van der Waals surface area contributed by atoms with Crippen molar-refractivity contribution in [2.24, 2.45) is 0 Å². The van der Waals surface area contributed by atoms with Crippen LogP contribution in [0.2, 0.25) is 0 Å². The number of benzene rings is 9. The van der Waals surface area contributed by atoms with Gasteiger partial charge >= 0.3 is 0 Å². The van der Waals surface area contributed by atoms with Gasteiger partial charge in [-0.3, -0.25) is 0 Å². The van der Waals surface area contributed by atoms with Gasteiger partial charge in [-0.25, -0.2) is 9.97 Å². The molecule has 278 valence electrons. The monoisotopic (exact) mass is 752 g/mol. The Morgan fingerprint density at radius 2 is 0.780 bits per heavy atom. The highest BCUT2D eigenvalue weighted by atomic mass is 14.9. The van der Waals surface area contributed by atoms with E-state index in [1.165, 1.54) is 49.5 Å². The first-order valence-corrected chi connectivity index (χ1v) is 20.4. The van der Waals surface area contributed by atoms with E-state index in [1.807, 2.05) is 0 Å². The van der Waals surface area contributed by atoms with Crippen LogP contribution >= 0.6 is 0 Å². The van der Waals surface area contributed by atoms with Gasteiger partial charge in [-0.15, -0.1) is 0 Å². The molecule has 0 unspecified atom stereocenters. The SMILES string of the molecule is CC1(C)c2cc(-c3ccc(-c4nc(-c5ccccc5)cc(-c5cc(-c6ccccc6)cc(-c6ccccc6)c5)n4)c4ccccc34)ccc2-c2cc3ccccc3cc21. The fourth-order valence-corrected chi connectivity index (χ4v) is 9.18. The molecule has 1 aliphatic rings. The maximum atomic E-state index is 5.42. The number of aromatic nitrogens is 2. The summed E-state index contributed by atoms with van der Waals surface area (Å²) in [7, 11) is 0. The Hall–Kier alpha value is -7.42. The van der Waals surface area contributed by atoms with E-state index in [-0.39, 0.29) is 5.41 Å². The van der Waals surface area contributed by atoms with Crippen LogP contribution in [0.5, 0.6) is 0 Å². The largest absolute Gasteiger partial charge is 0.228 e. The molecule has 0 saturated heterocycles. The minimum Gasteiger partial charge on any atom is -0.228 e. The summed E-state index contributed by atoms with van der Waals surface area (Å²) in [6.45, 7) is 4.73. The number of hydrogen-bond acceptors (Lipinski definition) is 2. The molecule has 0 fully saturated rings. The lowest BCUT2D eigenvalue weighted by Crippen LogP contribution is -2.15. The van der Waals surface area contributed by atoms with E-state index in [0.717, 1.165) is 55.7 Å². The lowest BCUT2D eigenvalue weighted by atomic mass is 9.81. The van der Waals surface area contributed by atoms with Gasteiger partial charge in [0.15, 0.2) is 5.82 Å². The molecule has 0 N–H and O–H groups in total. The molecule has 2 nitrogen and oxygen atoms in total. The maximum Gasteiger partial charge on any atom is 0.161 e. The van der Waals surface area contributed by atoms with Gasteiger partial charge < -0.3 is 0 Å². The average Bonchev–Trinajstić information content (AvgIpc) is 3.52. The average molecular weight is 753 g/mol. The molecule has 1 aliphatic carbocycles. The fraction of sp³-hybridized carbons (Fsp3) is 0.0526. The van der Waals surface area contributed by atoms with Crippen molar-refractivity contribution in [2.75, 3.05) is 0 Å². The second kappa shape index (κ2) is 13.9. The van der Waals surface area contributed by atoms with Crippen LogP contribution in [0.25, 0.3) is 100.0 Å². The van der Waals surface area contributed by atoms with Gasteiger partial charge in [-0.2, -0.15) is 0 Å². The van der Waals surface area contributed by atoms with Crippen LogP contribution in [-0.2, 0) is 5.41 Å². The molecule has 11 rings (SSSR count). The third-order valence-electron chi connectivity index (χ3n) is 12.3. The summed E-state index contributed by atoms with van der Waals surface area (Å²) in [6.07, 6.45) is 0. The fourth-order valence-electron chi connectivity index (χ4n) is 9.18. The Kier molecular flexibility index (Phi) is 8.20. The molecule has 0 spiro atoms. The predicted octanol–water partition coefficient (Wildman–Crippen LogP) is 15.1. The van der Waals surface area contributed by atoms with E-state index in [9.17, 15) is 0 Å². The minimum absolute atomic E-state index is 0.124. The van der Waals surface area contributed by atoms with Crippen molar-refractivity contribution in [3.63, 3.8) is 0 Å². The molecule has 0 radical (unpaired) electrons. The molecule has 1 heterocycles. The van der Waals surface area contributed by atoms with Gasteiger partial charge in [0.05, 0.1) is 11.4 Å². The summed E-state index contributed by atoms with van der Waals surface area (Å²) in [5, 5.41) is 4.87. The summed E-state index contributed by atoms with van der Waals surface area (Å²) in [5.41, 5.74) is 17.2. The van der Waals surface area contributed by atoms with Gasteiger partial charge in [0, 0.05) is 22.1 Å². The van der Waals surface area contributed by atoms with Crippen LogP contribution in [-0.4, -0.2) is 9.97 Å². The van der Waals surface area contributed by atoms with Gasteiger partial charge in [-0.05, 0) is 126 Å². The van der Waals surface area contributed by atoms with Gasteiger partial charge in [0.25, 0.3) is 0 Å². The molecule has 0 saturated carbocycles. The minimum atomic E-state index is -0.124. The normalized spacial score (nSPS) is 12.7. The van der Waals surface area contributed by atoms with Crippen molar-refractivity contribution in [3.8, 4) is 78.4 Å². The predicted molar refractivity (Wildman–Crippen MR) is 247 cm³/mol. The highest BCUT2D eigenvalue weighted by Crippen LogP contribution is 2.51. The number of fused-ring (bicyclic) bond motifs is 5. The second-order valence-electron chi connectivity index (χ2n) is 16.2. The zero-order chi connectivity index (χ0) is 39.5. The summed E-state index contributed by atoms with van der Waals surface area (Å²) < 4.78 is 0. The molecular weight excluding hydrogens is 713 g/mol. The molecule has 0 bridgehead atoms. The first-order chi connectivity index (χ1) is 29.0. The second-order valence-corrected chi connectivity index (χ2v) is 16.2. The number of nitrogens with zero attached hydrogens (tertiary/aromatic N) is 2. The highest BCUT2D eigenvalue weighted by Gasteiger charge is 2.36. The topological polar surface area (TPSA) is 25.8 Å². The van der Waals surface area contributed by atoms with Crippen molar-refractivity contribution in [1.29, 1.82) is 0 Å². The Morgan fingerprint density at radius 1 is 0.305 bits per heavy atom. The van der Waals surface area contributed by atoms with Crippen LogP contribution in [0.4, 0.5) is 0 Å². The zero-order valence-electron chi connectivity index (χ0n) is 33.0. The molecule has 9 aromatic carbocycles. The van der Waals surface area contributed by atoms with Crippen LogP contribution in [0, 0.1) is 0 Å². The molecule has 0 aliphatic heterocycles. The standard InChI is InChI=1S/C57H40N2/c1-57(2)52-35-42(26-27-49(52)51-33-40-22-12-13-23-41(40)34-53(51)57)46-28-29-50(48-25-15-14-24-47(46)48)56-58-54(39-20-10-5-11-21-39)36-55(59-56)45-31-43(37-16-6-3-7-17-37)30-44(32-45)38-18-8-4-9-19-38/h3-36H,1-2H3. The Bertz CT molecular complexity index is 3160. The molecular formula is C57H40N2. The highest BCUT2D eigenvalue weighted by molar-refractivity contribution is 6.05. The Labute approximate surface area is 345 Å². The smallest absolute Gasteiger partial charge is 0.161 e. The van der Waals surface area contributed by atoms with Gasteiger partial charge in [0.1, 0.15) is 0 Å². The Balaban J connectivity index is 1.07. The maximum absolute atomic E-state index is 5.42. The van der Waals surface area contributed by atoms with Crippen molar-refractivity contribution >= 4 is 21.5 Å². The van der Waals surface area contributed by atoms with E-state index in [4.69, 9.17) is 9.97 Å². The quantitative estimate of drug-likeness (QED) is 0.169. The first kappa shape index (κ1) is 34.8. The summed E-state index contributed by atoms with van der Waals surface area (Å²) in [5.74, 6) is 0.702.